The van der Waals surface area contributed by atoms with Crippen molar-refractivity contribution < 1.29 is 0 Å². The van der Waals surface area contributed by atoms with Crippen molar-refractivity contribution in [2.75, 3.05) is 58.3 Å². The van der Waals surface area contributed by atoms with Crippen molar-refractivity contribution in [3.8, 4) is 0 Å². The fourth-order valence-electron chi connectivity index (χ4n) is 2.34. The predicted molar refractivity (Wildman–Crippen MR) is 81.0 cm³/mol. The lowest BCUT2D eigenvalue weighted by Gasteiger charge is -2.36. The summed E-state index contributed by atoms with van der Waals surface area (Å²) in [5, 5.41) is 0. The summed E-state index contributed by atoms with van der Waals surface area (Å²) in [6.07, 6.45) is 1.85. The zero-order valence-corrected chi connectivity index (χ0v) is 12.6. The molecule has 2 heterocycles. The van der Waals surface area contributed by atoms with E-state index in [9.17, 15) is 0 Å². The van der Waals surface area contributed by atoms with Crippen LogP contribution in [0.1, 0.15) is 5.56 Å². The number of hydrogen-bond acceptors (Lipinski definition) is 4. The van der Waals surface area contributed by atoms with E-state index < -0.39 is 0 Å². The zero-order valence-electron chi connectivity index (χ0n) is 11.8. The van der Waals surface area contributed by atoms with Gasteiger partial charge in [0.1, 0.15) is 5.82 Å². The van der Waals surface area contributed by atoms with Gasteiger partial charge in [0.25, 0.3) is 0 Å². The molecule has 0 aliphatic carbocycles. The van der Waals surface area contributed by atoms with Crippen molar-refractivity contribution >= 4 is 17.4 Å². The Bertz CT molecular complexity index is 389. The second-order valence-corrected chi connectivity index (χ2v) is 5.52. The van der Waals surface area contributed by atoms with E-state index in [0.29, 0.717) is 5.88 Å². The van der Waals surface area contributed by atoms with Crippen LogP contribution in [-0.4, -0.2) is 68.1 Å². The Morgan fingerprint density at radius 3 is 2.63 bits per heavy atom. The minimum atomic E-state index is 0.532. The molecule has 0 unspecified atom stereocenters. The summed E-state index contributed by atoms with van der Waals surface area (Å²) in [7, 11) is 4.24. The van der Waals surface area contributed by atoms with Crippen molar-refractivity contribution in [2.24, 2.45) is 0 Å². The van der Waals surface area contributed by atoms with Crippen LogP contribution in [0, 0.1) is 0 Å². The Balaban J connectivity index is 1.89. The quantitative estimate of drug-likeness (QED) is 0.764. The molecule has 1 fully saturated rings. The number of nitrogens with zero attached hydrogens (tertiary/aromatic N) is 4. The van der Waals surface area contributed by atoms with Crippen LogP contribution in [0.2, 0.25) is 0 Å². The van der Waals surface area contributed by atoms with Crippen LogP contribution in [0.5, 0.6) is 0 Å². The summed E-state index contributed by atoms with van der Waals surface area (Å²) >= 11 is 5.98. The van der Waals surface area contributed by atoms with Crippen molar-refractivity contribution in [1.82, 2.24) is 14.8 Å². The zero-order chi connectivity index (χ0) is 13.7. The van der Waals surface area contributed by atoms with Crippen LogP contribution in [0.3, 0.4) is 0 Å². The minimum absolute atomic E-state index is 0.532. The number of halogens is 1. The molecule has 19 heavy (non-hydrogen) atoms. The third kappa shape index (κ3) is 4.06. The highest BCUT2D eigenvalue weighted by Crippen LogP contribution is 2.20. The number of rotatable bonds is 5. The van der Waals surface area contributed by atoms with E-state index in [-0.39, 0.29) is 0 Å². The van der Waals surface area contributed by atoms with E-state index >= 15 is 0 Å². The number of hydrogen-bond donors (Lipinski definition) is 0. The highest BCUT2D eigenvalue weighted by molar-refractivity contribution is 6.17. The highest BCUT2D eigenvalue weighted by Gasteiger charge is 2.19. The van der Waals surface area contributed by atoms with E-state index in [1.807, 2.05) is 12.3 Å². The molecule has 4 nitrogen and oxygen atoms in total. The number of piperazine rings is 1. The molecule has 0 radical (unpaired) electrons. The van der Waals surface area contributed by atoms with Crippen molar-refractivity contribution in [3.63, 3.8) is 0 Å². The van der Waals surface area contributed by atoms with Gasteiger partial charge in [-0.2, -0.15) is 0 Å². The molecule has 0 spiro atoms. The SMILES string of the molecule is CN(C)CCN1CCN(c2ncccc2CCl)CC1. The first-order valence-corrected chi connectivity index (χ1v) is 7.36. The van der Waals surface area contributed by atoms with Gasteiger partial charge < -0.3 is 9.80 Å². The second-order valence-electron chi connectivity index (χ2n) is 5.25. The second kappa shape index (κ2) is 7.08. The van der Waals surface area contributed by atoms with Crippen molar-refractivity contribution in [3.05, 3.63) is 23.9 Å². The Kier molecular flexibility index (Phi) is 5.43. The average molecular weight is 283 g/mol. The summed E-state index contributed by atoms with van der Waals surface area (Å²) < 4.78 is 0. The molecular formula is C14H23ClN4. The van der Waals surface area contributed by atoms with Gasteiger partial charge in [0, 0.05) is 51.0 Å². The molecule has 0 saturated carbocycles. The van der Waals surface area contributed by atoms with Crippen LogP contribution < -0.4 is 4.90 Å². The average Bonchev–Trinajstić information content (AvgIpc) is 2.45. The predicted octanol–water partition coefficient (Wildman–Crippen LogP) is 1.50. The molecule has 1 aliphatic rings. The van der Waals surface area contributed by atoms with Gasteiger partial charge in [0.15, 0.2) is 0 Å². The van der Waals surface area contributed by atoms with Gasteiger partial charge >= 0.3 is 0 Å². The minimum Gasteiger partial charge on any atom is -0.354 e. The Hall–Kier alpha value is -0.840. The number of pyridine rings is 1. The van der Waals surface area contributed by atoms with E-state index in [1.165, 1.54) is 0 Å². The van der Waals surface area contributed by atoms with E-state index in [1.54, 1.807) is 0 Å². The standard InChI is InChI=1S/C14H23ClN4/c1-17(2)6-7-18-8-10-19(11-9-18)14-13(12-15)4-3-5-16-14/h3-5H,6-12H2,1-2H3. The first-order chi connectivity index (χ1) is 9.20. The summed E-state index contributed by atoms with van der Waals surface area (Å²) in [5.74, 6) is 1.59. The van der Waals surface area contributed by atoms with E-state index in [4.69, 9.17) is 11.6 Å². The number of likely N-dealkylation sites (N-methyl/N-ethyl adjacent to an activating group) is 1. The maximum Gasteiger partial charge on any atom is 0.133 e. The molecule has 106 valence electrons. The first-order valence-electron chi connectivity index (χ1n) is 6.82. The normalized spacial score (nSPS) is 17.2. The van der Waals surface area contributed by atoms with Gasteiger partial charge in [-0.25, -0.2) is 4.98 Å². The molecule has 2 rings (SSSR count). The topological polar surface area (TPSA) is 22.6 Å². The molecule has 5 heteroatoms. The summed E-state index contributed by atoms with van der Waals surface area (Å²) in [5.41, 5.74) is 1.13. The Morgan fingerprint density at radius 1 is 1.26 bits per heavy atom. The maximum atomic E-state index is 5.98. The lowest BCUT2D eigenvalue weighted by Crippen LogP contribution is -2.48. The van der Waals surface area contributed by atoms with Gasteiger partial charge in [-0.05, 0) is 20.2 Å². The number of alkyl halides is 1. The van der Waals surface area contributed by atoms with Crippen LogP contribution in [0.15, 0.2) is 18.3 Å². The molecule has 0 N–H and O–H groups in total. The summed E-state index contributed by atoms with van der Waals surface area (Å²) in [4.78, 5) is 11.6. The fraction of sp³-hybridized carbons (Fsp3) is 0.643. The number of anilines is 1. The molecule has 0 atom stereocenters. The molecule has 1 aliphatic heterocycles. The monoisotopic (exact) mass is 282 g/mol. The number of aromatic nitrogens is 1. The molecular weight excluding hydrogens is 260 g/mol. The van der Waals surface area contributed by atoms with Gasteiger partial charge in [0.2, 0.25) is 0 Å². The first kappa shape index (κ1) is 14.6. The van der Waals surface area contributed by atoms with Crippen LogP contribution in [0.25, 0.3) is 0 Å². The summed E-state index contributed by atoms with van der Waals surface area (Å²) in [6, 6.07) is 4.02. The molecule has 0 amide bonds. The third-order valence-corrected chi connectivity index (χ3v) is 3.83. The Labute approximate surface area is 121 Å². The van der Waals surface area contributed by atoms with E-state index in [0.717, 1.165) is 50.6 Å². The fourth-order valence-corrected chi connectivity index (χ4v) is 2.55. The van der Waals surface area contributed by atoms with Gasteiger partial charge in [-0.15, -0.1) is 11.6 Å². The van der Waals surface area contributed by atoms with Crippen molar-refractivity contribution in [1.29, 1.82) is 0 Å². The van der Waals surface area contributed by atoms with Crippen LogP contribution >= 0.6 is 11.6 Å². The largest absolute Gasteiger partial charge is 0.354 e. The molecule has 1 aromatic rings. The summed E-state index contributed by atoms with van der Waals surface area (Å²) in [6.45, 7) is 6.54. The highest BCUT2D eigenvalue weighted by atomic mass is 35.5. The lowest BCUT2D eigenvalue weighted by molar-refractivity contribution is 0.229. The van der Waals surface area contributed by atoms with Crippen LogP contribution in [0.4, 0.5) is 5.82 Å². The molecule has 1 aromatic heterocycles. The smallest absolute Gasteiger partial charge is 0.133 e. The van der Waals surface area contributed by atoms with Gasteiger partial charge in [-0.1, -0.05) is 6.07 Å². The maximum absolute atomic E-state index is 5.98. The van der Waals surface area contributed by atoms with E-state index in [2.05, 4.69) is 39.8 Å². The molecule has 1 saturated heterocycles. The molecule has 0 aromatic carbocycles. The van der Waals surface area contributed by atoms with Gasteiger partial charge in [-0.3, -0.25) is 4.90 Å². The third-order valence-electron chi connectivity index (χ3n) is 3.55. The molecule has 0 bridgehead atoms. The van der Waals surface area contributed by atoms with Crippen molar-refractivity contribution in [2.45, 2.75) is 5.88 Å². The van der Waals surface area contributed by atoms with Gasteiger partial charge in [0.05, 0.1) is 5.88 Å². The lowest BCUT2D eigenvalue weighted by atomic mass is 10.2. The van der Waals surface area contributed by atoms with Crippen LogP contribution in [-0.2, 0) is 5.88 Å². The Morgan fingerprint density at radius 2 is 2.00 bits per heavy atom.